The topological polar surface area (TPSA) is 45.8 Å². The van der Waals surface area contributed by atoms with E-state index in [4.69, 9.17) is 11.6 Å². The Bertz CT molecular complexity index is 632. The van der Waals surface area contributed by atoms with Gasteiger partial charge in [-0.05, 0) is 24.7 Å². The van der Waals surface area contributed by atoms with Gasteiger partial charge in [0.25, 0.3) is 5.56 Å². The highest BCUT2D eigenvalue weighted by Crippen LogP contribution is 2.35. The van der Waals surface area contributed by atoms with Crippen molar-refractivity contribution in [1.29, 1.82) is 0 Å². The van der Waals surface area contributed by atoms with Crippen LogP contribution >= 0.6 is 34.7 Å². The first kappa shape index (κ1) is 11.6. The molecule has 2 aromatic rings. The summed E-state index contributed by atoms with van der Waals surface area (Å²) in [5.41, 5.74) is 1.16. The van der Waals surface area contributed by atoms with Gasteiger partial charge in [-0.25, -0.2) is 4.98 Å². The number of aromatic nitrogens is 2. The quantitative estimate of drug-likeness (QED) is 0.820. The fourth-order valence-corrected chi connectivity index (χ4v) is 4.50. The molecule has 90 valence electrons. The molecule has 1 aliphatic rings. The maximum Gasteiger partial charge on any atom is 0.259 e. The summed E-state index contributed by atoms with van der Waals surface area (Å²) in [7, 11) is 0. The Kier molecular flexibility index (Phi) is 2.92. The molecule has 0 radical (unpaired) electrons. The second-order valence-electron chi connectivity index (χ2n) is 4.05. The molecular weight excluding hydrogens is 276 g/mol. The molecule has 0 amide bonds. The normalized spacial score (nSPS) is 17.1. The van der Waals surface area contributed by atoms with Gasteiger partial charge in [0.05, 0.1) is 10.8 Å². The van der Waals surface area contributed by atoms with Gasteiger partial charge in [-0.1, -0.05) is 0 Å². The summed E-state index contributed by atoms with van der Waals surface area (Å²) >= 11 is 9.52. The van der Waals surface area contributed by atoms with E-state index in [0.29, 0.717) is 5.82 Å². The molecule has 0 fully saturated rings. The van der Waals surface area contributed by atoms with Crippen LogP contribution in [-0.4, -0.2) is 15.7 Å². The van der Waals surface area contributed by atoms with E-state index in [1.165, 1.54) is 10.4 Å². The third kappa shape index (κ3) is 1.90. The number of thioether (sulfide) groups is 1. The zero-order valence-electron chi connectivity index (χ0n) is 9.25. The molecule has 0 aliphatic carbocycles. The standard InChI is InChI=1S/C11H11ClN2OS2/c1-5(12)9-13-10(15)8-6-2-3-16-4-7(6)17-11(8)14-9/h5H,2-4H2,1H3,(H,13,14,15)/t5-/m0/s1. The van der Waals surface area contributed by atoms with E-state index in [1.54, 1.807) is 11.3 Å². The number of aromatic amines is 1. The highest BCUT2D eigenvalue weighted by molar-refractivity contribution is 7.98. The summed E-state index contributed by atoms with van der Waals surface area (Å²) < 4.78 is 0. The number of hydrogen-bond donors (Lipinski definition) is 1. The fourth-order valence-electron chi connectivity index (χ4n) is 2.04. The van der Waals surface area contributed by atoms with E-state index < -0.39 is 0 Å². The smallest absolute Gasteiger partial charge is 0.259 e. The van der Waals surface area contributed by atoms with Crippen LogP contribution < -0.4 is 5.56 Å². The summed E-state index contributed by atoms with van der Waals surface area (Å²) in [6.07, 6.45) is 0.973. The lowest BCUT2D eigenvalue weighted by Gasteiger charge is -2.09. The van der Waals surface area contributed by atoms with Crippen molar-refractivity contribution in [1.82, 2.24) is 9.97 Å². The minimum atomic E-state index is -0.263. The molecule has 0 saturated heterocycles. The van der Waals surface area contributed by atoms with Crippen LogP contribution in [0.2, 0.25) is 0 Å². The van der Waals surface area contributed by atoms with Gasteiger partial charge < -0.3 is 4.98 Å². The number of nitrogens with zero attached hydrogens (tertiary/aromatic N) is 1. The lowest BCUT2D eigenvalue weighted by molar-refractivity contribution is 0.915. The van der Waals surface area contributed by atoms with Crippen molar-refractivity contribution in [3.8, 4) is 0 Å². The van der Waals surface area contributed by atoms with Crippen molar-refractivity contribution in [3.05, 3.63) is 26.6 Å². The first-order valence-electron chi connectivity index (χ1n) is 5.43. The number of rotatable bonds is 1. The van der Waals surface area contributed by atoms with Gasteiger partial charge in [0.15, 0.2) is 0 Å². The van der Waals surface area contributed by atoms with E-state index >= 15 is 0 Å². The predicted molar refractivity (Wildman–Crippen MR) is 74.4 cm³/mol. The van der Waals surface area contributed by atoms with E-state index in [2.05, 4.69) is 9.97 Å². The lowest BCUT2D eigenvalue weighted by Crippen LogP contribution is -2.13. The fraction of sp³-hybridized carbons (Fsp3) is 0.455. The summed E-state index contributed by atoms with van der Waals surface area (Å²) in [5, 5.41) is 0.520. The summed E-state index contributed by atoms with van der Waals surface area (Å²) in [4.78, 5) is 21.5. The third-order valence-corrected chi connectivity index (χ3v) is 5.37. The Labute approximate surface area is 112 Å². The molecule has 0 unspecified atom stereocenters. The first-order chi connectivity index (χ1) is 8.16. The largest absolute Gasteiger partial charge is 0.309 e. The minimum Gasteiger partial charge on any atom is -0.309 e. The summed E-state index contributed by atoms with van der Waals surface area (Å²) in [5.74, 6) is 2.66. The van der Waals surface area contributed by atoms with Gasteiger partial charge in [-0.15, -0.1) is 22.9 Å². The molecular formula is C11H11ClN2OS2. The van der Waals surface area contributed by atoms with Gasteiger partial charge in [0.2, 0.25) is 0 Å². The van der Waals surface area contributed by atoms with Gasteiger partial charge >= 0.3 is 0 Å². The van der Waals surface area contributed by atoms with Gasteiger partial charge in [0, 0.05) is 10.6 Å². The Balaban J connectivity index is 2.31. The maximum absolute atomic E-state index is 12.1. The molecule has 1 aliphatic heterocycles. The summed E-state index contributed by atoms with van der Waals surface area (Å²) in [6.45, 7) is 1.81. The number of thiophene rings is 1. The van der Waals surface area contributed by atoms with Crippen LogP contribution in [0.3, 0.4) is 0 Å². The highest BCUT2D eigenvalue weighted by atomic mass is 35.5. The zero-order chi connectivity index (χ0) is 12.0. The second kappa shape index (κ2) is 4.30. The van der Waals surface area contributed by atoms with Crippen molar-refractivity contribution >= 4 is 44.9 Å². The van der Waals surface area contributed by atoms with E-state index in [-0.39, 0.29) is 10.9 Å². The lowest BCUT2D eigenvalue weighted by atomic mass is 10.1. The number of nitrogens with one attached hydrogen (secondary N) is 1. The van der Waals surface area contributed by atoms with Crippen molar-refractivity contribution in [2.24, 2.45) is 0 Å². The Morgan fingerprint density at radius 1 is 1.53 bits per heavy atom. The van der Waals surface area contributed by atoms with E-state index in [9.17, 15) is 4.79 Å². The number of hydrogen-bond acceptors (Lipinski definition) is 4. The number of aryl methyl sites for hydroxylation is 1. The average Bonchev–Trinajstić information content (AvgIpc) is 2.67. The molecule has 3 heterocycles. The summed E-state index contributed by atoms with van der Waals surface area (Å²) in [6, 6.07) is 0. The average molecular weight is 287 g/mol. The molecule has 6 heteroatoms. The number of H-pyrrole nitrogens is 1. The van der Waals surface area contributed by atoms with E-state index in [0.717, 1.165) is 28.1 Å². The van der Waals surface area contributed by atoms with Crippen molar-refractivity contribution in [2.45, 2.75) is 24.5 Å². The number of alkyl halides is 1. The SMILES string of the molecule is C[C@H](Cl)c1nc2sc3c(c2c(=O)[nH]1)CCSC3. The van der Waals surface area contributed by atoms with Crippen molar-refractivity contribution in [2.75, 3.05) is 5.75 Å². The van der Waals surface area contributed by atoms with Gasteiger partial charge in [-0.3, -0.25) is 4.79 Å². The molecule has 1 atom stereocenters. The van der Waals surface area contributed by atoms with Gasteiger partial charge in [-0.2, -0.15) is 11.8 Å². The van der Waals surface area contributed by atoms with Crippen molar-refractivity contribution < 1.29 is 0 Å². The molecule has 0 aromatic carbocycles. The Morgan fingerprint density at radius 2 is 2.35 bits per heavy atom. The molecule has 0 spiro atoms. The second-order valence-corrected chi connectivity index (χ2v) is 6.90. The molecule has 3 nitrogen and oxygen atoms in total. The molecule has 1 N–H and O–H groups in total. The Morgan fingerprint density at radius 3 is 3.12 bits per heavy atom. The minimum absolute atomic E-state index is 0.0399. The molecule has 0 saturated carbocycles. The van der Waals surface area contributed by atoms with E-state index in [1.807, 2.05) is 18.7 Å². The molecule has 0 bridgehead atoms. The zero-order valence-corrected chi connectivity index (χ0v) is 11.6. The molecule has 3 rings (SSSR count). The van der Waals surface area contributed by atoms with Crippen molar-refractivity contribution in [3.63, 3.8) is 0 Å². The third-order valence-electron chi connectivity index (χ3n) is 2.87. The van der Waals surface area contributed by atoms with Crippen LogP contribution in [0.4, 0.5) is 0 Å². The monoisotopic (exact) mass is 286 g/mol. The van der Waals surface area contributed by atoms with Gasteiger partial charge in [0.1, 0.15) is 10.7 Å². The maximum atomic E-state index is 12.1. The molecule has 17 heavy (non-hydrogen) atoms. The highest BCUT2D eigenvalue weighted by Gasteiger charge is 2.20. The first-order valence-corrected chi connectivity index (χ1v) is 7.84. The van der Waals surface area contributed by atoms with Crippen LogP contribution in [0.1, 0.15) is 28.6 Å². The number of halogens is 1. The van der Waals surface area contributed by atoms with Crippen LogP contribution in [-0.2, 0) is 12.2 Å². The van der Waals surface area contributed by atoms with Crippen LogP contribution in [0, 0.1) is 0 Å². The van der Waals surface area contributed by atoms with Crippen LogP contribution in [0.15, 0.2) is 4.79 Å². The Hall–Kier alpha value is -0.520. The predicted octanol–water partition coefficient (Wildman–Crippen LogP) is 3.07. The van der Waals surface area contributed by atoms with Crippen LogP contribution in [0.25, 0.3) is 10.2 Å². The molecule has 2 aromatic heterocycles. The number of fused-ring (bicyclic) bond motifs is 3. The van der Waals surface area contributed by atoms with Crippen LogP contribution in [0.5, 0.6) is 0 Å².